The SMILES string of the molecule is COC1=CC(Oc2ccccc2NC(=O)CNC(=O)c2cccc3ccccc23)=CCC1C. The summed E-state index contributed by atoms with van der Waals surface area (Å²) in [5, 5.41) is 7.33. The minimum atomic E-state index is -0.348. The molecule has 0 radical (unpaired) electrons. The van der Waals surface area contributed by atoms with E-state index in [-0.39, 0.29) is 18.4 Å². The quantitative estimate of drug-likeness (QED) is 0.537. The molecule has 33 heavy (non-hydrogen) atoms. The normalized spacial score (nSPS) is 15.3. The maximum atomic E-state index is 12.7. The van der Waals surface area contributed by atoms with Gasteiger partial charge in [0.25, 0.3) is 5.91 Å². The van der Waals surface area contributed by atoms with Crippen LogP contribution in [0.1, 0.15) is 23.7 Å². The zero-order valence-electron chi connectivity index (χ0n) is 18.6. The Morgan fingerprint density at radius 3 is 2.61 bits per heavy atom. The van der Waals surface area contributed by atoms with Gasteiger partial charge in [0.1, 0.15) is 11.5 Å². The molecule has 0 bridgehead atoms. The molecule has 0 saturated carbocycles. The molecule has 3 aromatic rings. The minimum absolute atomic E-state index is 0.162. The number of fused-ring (bicyclic) bond motifs is 1. The molecule has 2 N–H and O–H groups in total. The van der Waals surface area contributed by atoms with Gasteiger partial charge in [-0.2, -0.15) is 0 Å². The fraction of sp³-hybridized carbons (Fsp3) is 0.185. The molecule has 0 spiro atoms. The Bertz CT molecular complexity index is 1240. The average molecular weight is 443 g/mol. The van der Waals surface area contributed by atoms with Crippen molar-refractivity contribution in [2.24, 2.45) is 5.92 Å². The molecule has 1 unspecified atom stereocenters. The van der Waals surface area contributed by atoms with Gasteiger partial charge in [-0.1, -0.05) is 55.5 Å². The van der Waals surface area contributed by atoms with Gasteiger partial charge in [0.15, 0.2) is 5.75 Å². The molecule has 168 valence electrons. The van der Waals surface area contributed by atoms with Crippen LogP contribution in [0.3, 0.4) is 0 Å². The van der Waals surface area contributed by atoms with E-state index in [1.54, 1.807) is 25.3 Å². The summed E-state index contributed by atoms with van der Waals surface area (Å²) in [7, 11) is 1.64. The summed E-state index contributed by atoms with van der Waals surface area (Å²) in [5.74, 6) is 1.67. The molecule has 4 rings (SSSR count). The highest BCUT2D eigenvalue weighted by Gasteiger charge is 2.17. The molecule has 2 amide bonds. The van der Waals surface area contributed by atoms with Crippen LogP contribution < -0.4 is 15.4 Å². The van der Waals surface area contributed by atoms with Crippen LogP contribution in [0, 0.1) is 5.92 Å². The van der Waals surface area contributed by atoms with E-state index in [0.29, 0.717) is 28.7 Å². The first kappa shape index (κ1) is 22.1. The van der Waals surface area contributed by atoms with Crippen LogP contribution in [-0.4, -0.2) is 25.5 Å². The standard InChI is InChI=1S/C27H26N2O4/c1-18-14-15-20(16-25(18)32-2)33-24-13-6-5-12-23(24)29-26(30)17-28-27(31)22-11-7-9-19-8-3-4-10-21(19)22/h3-13,15-16,18H,14,17H2,1-2H3,(H,28,31)(H,29,30). The van der Waals surface area contributed by atoms with E-state index in [2.05, 4.69) is 17.6 Å². The van der Waals surface area contributed by atoms with E-state index in [4.69, 9.17) is 9.47 Å². The summed E-state index contributed by atoms with van der Waals surface area (Å²) < 4.78 is 11.4. The Hall–Kier alpha value is -4.06. The van der Waals surface area contributed by atoms with Gasteiger partial charge in [-0.15, -0.1) is 0 Å². The summed E-state index contributed by atoms with van der Waals surface area (Å²) in [6.45, 7) is 1.92. The maximum absolute atomic E-state index is 12.7. The van der Waals surface area contributed by atoms with Gasteiger partial charge in [-0.25, -0.2) is 0 Å². The van der Waals surface area contributed by atoms with Crippen molar-refractivity contribution in [2.45, 2.75) is 13.3 Å². The Kier molecular flexibility index (Phi) is 6.74. The fourth-order valence-corrected chi connectivity index (χ4v) is 3.74. The molecule has 1 aliphatic rings. The number of methoxy groups -OCH3 is 1. The predicted molar refractivity (Wildman–Crippen MR) is 129 cm³/mol. The Morgan fingerprint density at radius 1 is 1.00 bits per heavy atom. The van der Waals surface area contributed by atoms with Crippen molar-refractivity contribution in [1.29, 1.82) is 0 Å². The van der Waals surface area contributed by atoms with Crippen LogP contribution in [0.25, 0.3) is 10.8 Å². The second kappa shape index (κ2) is 10.0. The van der Waals surface area contributed by atoms with Crippen LogP contribution in [-0.2, 0) is 9.53 Å². The van der Waals surface area contributed by atoms with Crippen molar-refractivity contribution < 1.29 is 19.1 Å². The number of rotatable bonds is 7. The van der Waals surface area contributed by atoms with E-state index < -0.39 is 0 Å². The van der Waals surface area contributed by atoms with Crippen molar-refractivity contribution in [3.05, 3.63) is 96.0 Å². The lowest BCUT2D eigenvalue weighted by atomic mass is 10.00. The second-order valence-corrected chi connectivity index (χ2v) is 7.85. The number of carbonyl (C=O) groups excluding carboxylic acids is 2. The lowest BCUT2D eigenvalue weighted by Gasteiger charge is -2.20. The number of benzene rings is 3. The van der Waals surface area contributed by atoms with Crippen molar-refractivity contribution in [1.82, 2.24) is 5.32 Å². The lowest BCUT2D eigenvalue weighted by Crippen LogP contribution is -2.33. The van der Waals surface area contributed by atoms with Gasteiger partial charge in [-0.3, -0.25) is 9.59 Å². The number of anilines is 1. The average Bonchev–Trinajstić information content (AvgIpc) is 2.84. The first-order valence-electron chi connectivity index (χ1n) is 10.8. The van der Waals surface area contributed by atoms with Crippen molar-refractivity contribution in [3.63, 3.8) is 0 Å². The van der Waals surface area contributed by atoms with Crippen LogP contribution in [0.4, 0.5) is 5.69 Å². The highest BCUT2D eigenvalue weighted by molar-refractivity contribution is 6.08. The molecule has 6 heteroatoms. The molecule has 1 aliphatic carbocycles. The molecule has 0 heterocycles. The Labute approximate surface area is 192 Å². The number of carbonyl (C=O) groups is 2. The zero-order chi connectivity index (χ0) is 23.2. The zero-order valence-corrected chi connectivity index (χ0v) is 18.6. The lowest BCUT2D eigenvalue weighted by molar-refractivity contribution is -0.115. The topological polar surface area (TPSA) is 76.7 Å². The smallest absolute Gasteiger partial charge is 0.252 e. The van der Waals surface area contributed by atoms with Crippen molar-refractivity contribution in [2.75, 3.05) is 19.0 Å². The van der Waals surface area contributed by atoms with Crippen LogP contribution >= 0.6 is 0 Å². The molecule has 6 nitrogen and oxygen atoms in total. The van der Waals surface area contributed by atoms with Gasteiger partial charge in [0.05, 0.1) is 19.3 Å². The number of hydrogen-bond acceptors (Lipinski definition) is 4. The molecular weight excluding hydrogens is 416 g/mol. The third-order valence-electron chi connectivity index (χ3n) is 5.51. The third kappa shape index (κ3) is 5.23. The Balaban J connectivity index is 1.40. The highest BCUT2D eigenvalue weighted by atomic mass is 16.5. The molecular formula is C27H26N2O4. The number of allylic oxidation sites excluding steroid dienone is 3. The monoisotopic (exact) mass is 442 g/mol. The fourth-order valence-electron chi connectivity index (χ4n) is 3.74. The van der Waals surface area contributed by atoms with Gasteiger partial charge in [0, 0.05) is 17.6 Å². The summed E-state index contributed by atoms with van der Waals surface area (Å²) in [5.41, 5.74) is 1.05. The highest BCUT2D eigenvalue weighted by Crippen LogP contribution is 2.30. The van der Waals surface area contributed by atoms with Gasteiger partial charge in [-0.05, 0) is 41.5 Å². The molecule has 0 aromatic heterocycles. The van der Waals surface area contributed by atoms with Crippen LogP contribution in [0.5, 0.6) is 5.75 Å². The van der Waals surface area contributed by atoms with Gasteiger partial charge >= 0.3 is 0 Å². The van der Waals surface area contributed by atoms with Gasteiger partial charge < -0.3 is 20.1 Å². The molecule has 0 saturated heterocycles. The first-order chi connectivity index (χ1) is 16.0. The summed E-state index contributed by atoms with van der Waals surface area (Å²) in [6.07, 6.45) is 4.66. The van der Waals surface area contributed by atoms with Gasteiger partial charge in [0.2, 0.25) is 5.91 Å². The predicted octanol–water partition coefficient (Wildman–Crippen LogP) is 5.04. The molecule has 0 aliphatic heterocycles. The molecule has 1 atom stereocenters. The Morgan fingerprint density at radius 2 is 1.76 bits per heavy atom. The maximum Gasteiger partial charge on any atom is 0.252 e. The second-order valence-electron chi connectivity index (χ2n) is 7.85. The van der Waals surface area contributed by atoms with E-state index in [0.717, 1.165) is 23.0 Å². The van der Waals surface area contributed by atoms with E-state index in [9.17, 15) is 9.59 Å². The summed E-state index contributed by atoms with van der Waals surface area (Å²) >= 11 is 0. The number of amides is 2. The number of ether oxygens (including phenoxy) is 2. The third-order valence-corrected chi connectivity index (χ3v) is 5.51. The summed E-state index contributed by atoms with van der Waals surface area (Å²) in [4.78, 5) is 25.3. The number of nitrogens with one attached hydrogen (secondary N) is 2. The van der Waals surface area contributed by atoms with Crippen LogP contribution in [0.15, 0.2) is 90.4 Å². The minimum Gasteiger partial charge on any atom is -0.501 e. The van der Waals surface area contributed by atoms with E-state index >= 15 is 0 Å². The van der Waals surface area contributed by atoms with Crippen molar-refractivity contribution >= 4 is 28.3 Å². The first-order valence-corrected chi connectivity index (χ1v) is 10.8. The summed E-state index contributed by atoms with van der Waals surface area (Å²) in [6, 6.07) is 20.4. The van der Waals surface area contributed by atoms with E-state index in [1.165, 1.54) is 0 Å². The van der Waals surface area contributed by atoms with Crippen molar-refractivity contribution in [3.8, 4) is 5.75 Å². The number of para-hydroxylation sites is 2. The largest absolute Gasteiger partial charge is 0.501 e. The molecule has 0 fully saturated rings. The number of hydrogen-bond donors (Lipinski definition) is 2. The van der Waals surface area contributed by atoms with E-state index in [1.807, 2.05) is 60.7 Å². The molecule has 3 aromatic carbocycles. The van der Waals surface area contributed by atoms with Crippen LogP contribution in [0.2, 0.25) is 0 Å².